The number of nitrogens with zero attached hydrogens (tertiary/aromatic N) is 1. The molecule has 0 amide bonds. The maximum atomic E-state index is 12.5. The molecule has 0 aliphatic rings. The van der Waals surface area contributed by atoms with Crippen molar-refractivity contribution in [1.29, 1.82) is 0 Å². The molecule has 1 nitrogen and oxygen atoms in total. The van der Waals surface area contributed by atoms with Crippen LogP contribution in [0.2, 0.25) is 0 Å². The lowest BCUT2D eigenvalue weighted by molar-refractivity contribution is 0.0127. The van der Waals surface area contributed by atoms with Crippen LogP contribution in [-0.2, 0) is 5.92 Å². The summed E-state index contributed by atoms with van der Waals surface area (Å²) < 4.78 is 25.0. The highest BCUT2D eigenvalue weighted by atomic mass is 19.3. The van der Waals surface area contributed by atoms with E-state index in [4.69, 9.17) is 0 Å². The van der Waals surface area contributed by atoms with Crippen LogP contribution in [0.15, 0.2) is 18.3 Å². The van der Waals surface area contributed by atoms with Crippen molar-refractivity contribution < 1.29 is 8.78 Å². The van der Waals surface area contributed by atoms with E-state index >= 15 is 0 Å². The smallest absolute Gasteiger partial charge is 0.255 e. The molecule has 0 saturated heterocycles. The lowest BCUT2D eigenvalue weighted by atomic mass is 10.2. The van der Waals surface area contributed by atoms with E-state index in [-0.39, 0.29) is 5.69 Å². The zero-order chi connectivity index (χ0) is 8.48. The Hall–Kier alpha value is -0.990. The number of pyridine rings is 1. The van der Waals surface area contributed by atoms with E-state index in [2.05, 4.69) is 11.9 Å². The molecule has 0 saturated carbocycles. The van der Waals surface area contributed by atoms with Crippen LogP contribution in [-0.4, -0.2) is 4.98 Å². The zero-order valence-electron chi connectivity index (χ0n) is 6.14. The van der Waals surface area contributed by atoms with Crippen LogP contribution in [0.1, 0.15) is 18.2 Å². The topological polar surface area (TPSA) is 12.9 Å². The molecule has 0 atom stereocenters. The number of rotatable bonds is 1. The molecule has 1 radical (unpaired) electrons. The van der Waals surface area contributed by atoms with Crippen LogP contribution in [0, 0.1) is 6.92 Å². The summed E-state index contributed by atoms with van der Waals surface area (Å²) in [5.41, 5.74) is 0.419. The highest BCUT2D eigenvalue weighted by Crippen LogP contribution is 2.24. The second-order valence-electron chi connectivity index (χ2n) is 2.44. The minimum Gasteiger partial charge on any atom is -0.255 e. The van der Waals surface area contributed by atoms with E-state index in [1.165, 1.54) is 18.3 Å². The predicted octanol–water partition coefficient (Wildman–Crippen LogP) is 2.38. The number of hydrogen-bond donors (Lipinski definition) is 0. The Morgan fingerprint density at radius 2 is 2.09 bits per heavy atom. The Kier molecular flexibility index (Phi) is 1.89. The molecule has 59 valence electrons. The van der Waals surface area contributed by atoms with Crippen molar-refractivity contribution in [2.75, 3.05) is 0 Å². The predicted molar refractivity (Wildman–Crippen MR) is 38.3 cm³/mol. The summed E-state index contributed by atoms with van der Waals surface area (Å²) in [7, 11) is 0. The van der Waals surface area contributed by atoms with E-state index in [1.807, 2.05) is 0 Å². The average molecular weight is 156 g/mol. The van der Waals surface area contributed by atoms with Gasteiger partial charge in [0.25, 0.3) is 5.92 Å². The summed E-state index contributed by atoms with van der Waals surface area (Å²) in [5, 5.41) is 0. The average Bonchev–Trinajstić information content (AvgIpc) is 1.86. The molecule has 0 aliphatic heterocycles. The van der Waals surface area contributed by atoms with E-state index in [9.17, 15) is 8.78 Å². The van der Waals surface area contributed by atoms with Crippen LogP contribution in [0.3, 0.4) is 0 Å². The molecule has 0 bridgehead atoms. The summed E-state index contributed by atoms with van der Waals surface area (Å²) in [6.45, 7) is 4.35. The van der Waals surface area contributed by atoms with Gasteiger partial charge in [0.1, 0.15) is 5.69 Å². The first-order valence-corrected chi connectivity index (χ1v) is 3.16. The van der Waals surface area contributed by atoms with Crippen molar-refractivity contribution in [1.82, 2.24) is 4.98 Å². The largest absolute Gasteiger partial charge is 0.286 e. The third-order valence-electron chi connectivity index (χ3n) is 1.27. The molecule has 0 aliphatic carbocycles. The second-order valence-corrected chi connectivity index (χ2v) is 2.44. The van der Waals surface area contributed by atoms with Crippen molar-refractivity contribution in [2.45, 2.75) is 12.8 Å². The van der Waals surface area contributed by atoms with Crippen molar-refractivity contribution >= 4 is 0 Å². The Morgan fingerprint density at radius 3 is 2.45 bits per heavy atom. The van der Waals surface area contributed by atoms with Crippen molar-refractivity contribution in [2.24, 2.45) is 0 Å². The lowest BCUT2D eigenvalue weighted by Crippen LogP contribution is -2.08. The van der Waals surface area contributed by atoms with E-state index in [1.54, 1.807) is 0 Å². The van der Waals surface area contributed by atoms with Crippen LogP contribution < -0.4 is 0 Å². The summed E-state index contributed by atoms with van der Waals surface area (Å²) in [4.78, 5) is 3.54. The van der Waals surface area contributed by atoms with Gasteiger partial charge in [0.15, 0.2) is 0 Å². The summed E-state index contributed by atoms with van der Waals surface area (Å²) in [5.74, 6) is -2.85. The summed E-state index contributed by atoms with van der Waals surface area (Å²) in [6.07, 6.45) is 1.33. The molecule has 0 fully saturated rings. The van der Waals surface area contributed by atoms with Gasteiger partial charge in [0, 0.05) is 13.1 Å². The molecule has 1 heterocycles. The van der Waals surface area contributed by atoms with E-state index < -0.39 is 5.92 Å². The fourth-order valence-corrected chi connectivity index (χ4v) is 0.684. The van der Waals surface area contributed by atoms with Gasteiger partial charge in [-0.2, -0.15) is 8.78 Å². The van der Waals surface area contributed by atoms with Crippen molar-refractivity contribution in [3.8, 4) is 0 Å². The van der Waals surface area contributed by atoms with Gasteiger partial charge in [0.2, 0.25) is 0 Å². The van der Waals surface area contributed by atoms with E-state index in [0.717, 1.165) is 6.92 Å². The molecule has 1 aromatic rings. The standard InChI is InChI=1S/C8H8F2N/c1-6-3-4-7(11-5-6)8(2,9)10/h3-5H,1H2,2H3. The molecule has 1 aromatic heterocycles. The minimum absolute atomic E-state index is 0.218. The first-order chi connectivity index (χ1) is 5.00. The summed E-state index contributed by atoms with van der Waals surface area (Å²) >= 11 is 0. The first kappa shape index (κ1) is 8.11. The van der Waals surface area contributed by atoms with Gasteiger partial charge in [-0.3, -0.25) is 4.98 Å². The van der Waals surface area contributed by atoms with Crippen LogP contribution in [0.5, 0.6) is 0 Å². The van der Waals surface area contributed by atoms with Gasteiger partial charge in [-0.25, -0.2) is 0 Å². The highest BCUT2D eigenvalue weighted by molar-refractivity contribution is 5.18. The van der Waals surface area contributed by atoms with Gasteiger partial charge in [0.05, 0.1) is 0 Å². The molecule has 1 rings (SSSR count). The molecule has 0 spiro atoms. The van der Waals surface area contributed by atoms with Crippen molar-refractivity contribution in [3.05, 3.63) is 36.5 Å². The minimum atomic E-state index is -2.85. The molecular weight excluding hydrogens is 148 g/mol. The third-order valence-corrected chi connectivity index (χ3v) is 1.27. The normalized spacial score (nSPS) is 11.6. The Balaban J connectivity index is 2.99. The number of hydrogen-bond acceptors (Lipinski definition) is 1. The second kappa shape index (κ2) is 2.57. The maximum absolute atomic E-state index is 12.5. The van der Waals surface area contributed by atoms with Gasteiger partial charge >= 0.3 is 0 Å². The van der Waals surface area contributed by atoms with E-state index in [0.29, 0.717) is 5.56 Å². The monoisotopic (exact) mass is 156 g/mol. The molecule has 0 N–H and O–H groups in total. The zero-order valence-corrected chi connectivity index (χ0v) is 6.14. The van der Waals surface area contributed by atoms with Gasteiger partial charge in [-0.05, 0) is 18.6 Å². The molecule has 0 aromatic carbocycles. The molecule has 0 unspecified atom stereocenters. The van der Waals surface area contributed by atoms with Gasteiger partial charge < -0.3 is 0 Å². The Labute approximate surface area is 64.1 Å². The third kappa shape index (κ3) is 1.97. The van der Waals surface area contributed by atoms with Gasteiger partial charge in [-0.15, -0.1) is 0 Å². The number of alkyl halides is 2. The quantitative estimate of drug-likeness (QED) is 0.608. The van der Waals surface area contributed by atoms with Crippen molar-refractivity contribution in [3.63, 3.8) is 0 Å². The number of aromatic nitrogens is 1. The SMILES string of the molecule is [CH2]c1ccc(C(C)(F)F)nc1. The highest BCUT2D eigenvalue weighted by Gasteiger charge is 2.25. The number of halogens is 2. The molecule has 3 heteroatoms. The molecular formula is C8H8F2N. The Bertz CT molecular complexity index is 235. The lowest BCUT2D eigenvalue weighted by Gasteiger charge is -2.08. The first-order valence-electron chi connectivity index (χ1n) is 3.16. The summed E-state index contributed by atoms with van der Waals surface area (Å²) in [6, 6.07) is 2.79. The molecule has 11 heavy (non-hydrogen) atoms. The van der Waals surface area contributed by atoms with Crippen LogP contribution in [0.25, 0.3) is 0 Å². The van der Waals surface area contributed by atoms with Crippen LogP contribution >= 0.6 is 0 Å². The van der Waals surface area contributed by atoms with Crippen LogP contribution in [0.4, 0.5) is 8.78 Å². The fraction of sp³-hybridized carbons (Fsp3) is 0.250. The Morgan fingerprint density at radius 1 is 1.45 bits per heavy atom. The fourth-order valence-electron chi connectivity index (χ4n) is 0.684. The maximum Gasteiger partial charge on any atom is 0.286 e. The van der Waals surface area contributed by atoms with Gasteiger partial charge in [-0.1, -0.05) is 6.07 Å².